The first-order chi connectivity index (χ1) is 6.39. The van der Waals surface area contributed by atoms with E-state index in [1.165, 1.54) is 12.0 Å². The Kier molecular flexibility index (Phi) is 6.10. The van der Waals surface area contributed by atoms with Gasteiger partial charge in [-0.1, -0.05) is 46.3 Å². The Morgan fingerprint density at radius 3 is 2.00 bits per heavy atom. The van der Waals surface area contributed by atoms with Crippen molar-refractivity contribution in [2.24, 2.45) is 5.41 Å². The summed E-state index contributed by atoms with van der Waals surface area (Å²) in [6.07, 6.45) is 3.58. The highest BCUT2D eigenvalue weighted by Gasteiger charge is 2.10. The van der Waals surface area contributed by atoms with Crippen LogP contribution in [0.2, 0.25) is 0 Å². The first kappa shape index (κ1) is 13.7. The van der Waals surface area contributed by atoms with Crippen molar-refractivity contribution in [3.8, 4) is 0 Å². The van der Waals surface area contributed by atoms with E-state index in [1.54, 1.807) is 0 Å². The third-order valence-corrected chi connectivity index (χ3v) is 2.40. The molecule has 0 saturated heterocycles. The molecule has 0 atom stereocenters. The SMILES string of the molecule is CCN(CC)C/C=C(\C)CC(C)(C)C. The van der Waals surface area contributed by atoms with Crippen LogP contribution >= 0.6 is 0 Å². The van der Waals surface area contributed by atoms with Crippen LogP contribution in [0.5, 0.6) is 0 Å². The van der Waals surface area contributed by atoms with Gasteiger partial charge in [-0.2, -0.15) is 0 Å². The second kappa shape index (κ2) is 6.23. The van der Waals surface area contributed by atoms with E-state index < -0.39 is 0 Å². The van der Waals surface area contributed by atoms with Crippen molar-refractivity contribution in [1.29, 1.82) is 0 Å². The van der Waals surface area contributed by atoms with E-state index in [0.717, 1.165) is 19.6 Å². The largest absolute Gasteiger partial charge is 0.300 e. The molecule has 1 heteroatoms. The molecule has 0 saturated carbocycles. The second-order valence-corrected chi connectivity index (χ2v) is 5.27. The van der Waals surface area contributed by atoms with Crippen molar-refractivity contribution in [2.75, 3.05) is 19.6 Å². The lowest BCUT2D eigenvalue weighted by Crippen LogP contribution is -2.23. The predicted octanol–water partition coefficient (Wildman–Crippen LogP) is 3.71. The Hall–Kier alpha value is -0.300. The van der Waals surface area contributed by atoms with Crippen molar-refractivity contribution >= 4 is 0 Å². The van der Waals surface area contributed by atoms with Crippen molar-refractivity contribution in [3.05, 3.63) is 11.6 Å². The lowest BCUT2D eigenvalue weighted by atomic mass is 9.88. The first-order valence-corrected chi connectivity index (χ1v) is 5.77. The van der Waals surface area contributed by atoms with Gasteiger partial charge in [0.1, 0.15) is 0 Å². The van der Waals surface area contributed by atoms with E-state index in [2.05, 4.69) is 52.5 Å². The molecule has 0 aliphatic carbocycles. The van der Waals surface area contributed by atoms with E-state index >= 15 is 0 Å². The quantitative estimate of drug-likeness (QED) is 0.607. The molecule has 0 aromatic heterocycles. The van der Waals surface area contributed by atoms with Crippen molar-refractivity contribution in [3.63, 3.8) is 0 Å². The second-order valence-electron chi connectivity index (χ2n) is 5.27. The van der Waals surface area contributed by atoms with Crippen molar-refractivity contribution < 1.29 is 0 Å². The fourth-order valence-electron chi connectivity index (χ4n) is 1.68. The van der Waals surface area contributed by atoms with E-state index in [1.807, 2.05) is 0 Å². The third kappa shape index (κ3) is 7.14. The average Bonchev–Trinajstić information content (AvgIpc) is 2.03. The predicted molar refractivity (Wildman–Crippen MR) is 65.6 cm³/mol. The molecular weight excluding hydrogens is 170 g/mol. The molecule has 0 heterocycles. The van der Waals surface area contributed by atoms with E-state index in [9.17, 15) is 0 Å². The van der Waals surface area contributed by atoms with Crippen LogP contribution in [-0.4, -0.2) is 24.5 Å². The van der Waals surface area contributed by atoms with Crippen LogP contribution in [0.25, 0.3) is 0 Å². The maximum atomic E-state index is 2.44. The Morgan fingerprint density at radius 2 is 1.64 bits per heavy atom. The monoisotopic (exact) mass is 197 g/mol. The van der Waals surface area contributed by atoms with Crippen LogP contribution in [0.1, 0.15) is 48.0 Å². The molecule has 0 rings (SSSR count). The zero-order valence-corrected chi connectivity index (χ0v) is 10.9. The molecule has 1 nitrogen and oxygen atoms in total. The lowest BCUT2D eigenvalue weighted by molar-refractivity contribution is 0.335. The fourth-order valence-corrected chi connectivity index (χ4v) is 1.68. The summed E-state index contributed by atoms with van der Waals surface area (Å²) in [4.78, 5) is 2.44. The maximum Gasteiger partial charge on any atom is 0.0165 e. The Balaban J connectivity index is 3.99. The fraction of sp³-hybridized carbons (Fsp3) is 0.846. The highest BCUT2D eigenvalue weighted by atomic mass is 15.1. The van der Waals surface area contributed by atoms with Gasteiger partial charge in [0.05, 0.1) is 0 Å². The average molecular weight is 197 g/mol. The van der Waals surface area contributed by atoms with Gasteiger partial charge < -0.3 is 4.90 Å². The van der Waals surface area contributed by atoms with Gasteiger partial charge in [-0.25, -0.2) is 0 Å². The summed E-state index contributed by atoms with van der Waals surface area (Å²) in [6.45, 7) is 17.0. The number of rotatable bonds is 5. The van der Waals surface area contributed by atoms with Gasteiger partial charge in [-0.3, -0.25) is 0 Å². The number of hydrogen-bond acceptors (Lipinski definition) is 1. The molecule has 0 aliphatic rings. The minimum Gasteiger partial charge on any atom is -0.300 e. The first-order valence-electron chi connectivity index (χ1n) is 5.77. The summed E-state index contributed by atoms with van der Waals surface area (Å²) in [5.74, 6) is 0. The standard InChI is InChI=1S/C13H27N/c1-7-14(8-2)10-9-12(3)11-13(4,5)6/h9H,7-8,10-11H2,1-6H3/b12-9+. The van der Waals surface area contributed by atoms with Crippen LogP contribution < -0.4 is 0 Å². The van der Waals surface area contributed by atoms with Gasteiger partial charge in [0.2, 0.25) is 0 Å². The van der Waals surface area contributed by atoms with E-state index in [4.69, 9.17) is 0 Å². The number of likely N-dealkylation sites (N-methyl/N-ethyl adjacent to an activating group) is 1. The number of hydrogen-bond donors (Lipinski definition) is 0. The molecule has 14 heavy (non-hydrogen) atoms. The highest BCUT2D eigenvalue weighted by Crippen LogP contribution is 2.23. The molecule has 84 valence electrons. The van der Waals surface area contributed by atoms with Crippen LogP contribution in [0.4, 0.5) is 0 Å². The van der Waals surface area contributed by atoms with Crippen LogP contribution in [-0.2, 0) is 0 Å². The molecule has 0 aliphatic heterocycles. The van der Waals surface area contributed by atoms with Crippen molar-refractivity contribution in [1.82, 2.24) is 4.90 Å². The minimum atomic E-state index is 0.420. The van der Waals surface area contributed by atoms with Crippen LogP contribution in [0.15, 0.2) is 11.6 Å². The normalized spacial score (nSPS) is 13.8. The summed E-state index contributed by atoms with van der Waals surface area (Å²) >= 11 is 0. The minimum absolute atomic E-state index is 0.420. The zero-order valence-electron chi connectivity index (χ0n) is 10.9. The maximum absolute atomic E-state index is 2.44. The van der Waals surface area contributed by atoms with Crippen molar-refractivity contribution in [2.45, 2.75) is 48.0 Å². The molecule has 0 spiro atoms. The van der Waals surface area contributed by atoms with Gasteiger partial charge in [0.25, 0.3) is 0 Å². The number of nitrogens with zero attached hydrogens (tertiary/aromatic N) is 1. The van der Waals surface area contributed by atoms with Gasteiger partial charge >= 0.3 is 0 Å². The third-order valence-electron chi connectivity index (χ3n) is 2.40. The molecule has 0 radical (unpaired) electrons. The molecular formula is C13H27N. The Morgan fingerprint density at radius 1 is 1.14 bits per heavy atom. The summed E-state index contributed by atoms with van der Waals surface area (Å²) < 4.78 is 0. The molecule has 0 bridgehead atoms. The molecule has 0 aromatic carbocycles. The molecule has 0 aromatic rings. The van der Waals surface area contributed by atoms with E-state index in [0.29, 0.717) is 5.41 Å². The molecule has 0 fully saturated rings. The Bertz CT molecular complexity index is 170. The van der Waals surface area contributed by atoms with Crippen LogP contribution in [0.3, 0.4) is 0 Å². The van der Waals surface area contributed by atoms with Gasteiger partial charge in [0, 0.05) is 6.54 Å². The molecule has 0 unspecified atom stereocenters. The van der Waals surface area contributed by atoms with Gasteiger partial charge in [-0.15, -0.1) is 0 Å². The van der Waals surface area contributed by atoms with Crippen LogP contribution in [0, 0.1) is 5.41 Å². The molecule has 0 amide bonds. The lowest BCUT2D eigenvalue weighted by Gasteiger charge is -2.20. The summed E-state index contributed by atoms with van der Waals surface area (Å²) in [6, 6.07) is 0. The zero-order chi connectivity index (χ0) is 11.2. The van der Waals surface area contributed by atoms with Gasteiger partial charge in [-0.05, 0) is 31.8 Å². The summed E-state index contributed by atoms with van der Waals surface area (Å²) in [7, 11) is 0. The topological polar surface area (TPSA) is 3.24 Å². The smallest absolute Gasteiger partial charge is 0.0165 e. The number of allylic oxidation sites excluding steroid dienone is 1. The Labute approximate surface area is 90.2 Å². The summed E-state index contributed by atoms with van der Waals surface area (Å²) in [5.41, 5.74) is 1.94. The summed E-state index contributed by atoms with van der Waals surface area (Å²) in [5, 5.41) is 0. The van der Waals surface area contributed by atoms with E-state index in [-0.39, 0.29) is 0 Å². The highest BCUT2D eigenvalue weighted by molar-refractivity contribution is 5.01. The van der Waals surface area contributed by atoms with Gasteiger partial charge in [0.15, 0.2) is 0 Å². The molecule has 0 N–H and O–H groups in total.